The van der Waals surface area contributed by atoms with Crippen LogP contribution in [0.15, 0.2) is 16.7 Å². The molecule has 0 aliphatic rings. The number of hydrogen-bond donors (Lipinski definition) is 1. The molecule has 0 saturated heterocycles. The number of furan rings is 1. The Morgan fingerprint density at radius 2 is 1.84 bits per heavy atom. The third kappa shape index (κ3) is 8.06. The summed E-state index contributed by atoms with van der Waals surface area (Å²) in [4.78, 5) is 0. The Labute approximate surface area is 117 Å². The highest BCUT2D eigenvalue weighted by molar-refractivity contribution is 5.12. The molecule has 0 spiro atoms. The first-order valence-electron chi connectivity index (χ1n) is 7.05. The highest BCUT2D eigenvalue weighted by Gasteiger charge is 2.11. The van der Waals surface area contributed by atoms with Crippen molar-refractivity contribution in [3.63, 3.8) is 0 Å². The molecule has 0 aromatic carbocycles. The van der Waals surface area contributed by atoms with E-state index in [1.165, 1.54) is 5.56 Å². The summed E-state index contributed by atoms with van der Waals surface area (Å²) < 4.78 is 11.1. The first-order valence-corrected chi connectivity index (χ1v) is 7.05. The number of rotatable bonds is 6. The van der Waals surface area contributed by atoms with Crippen LogP contribution in [0.5, 0.6) is 0 Å². The topological polar surface area (TPSA) is 34.4 Å². The van der Waals surface area contributed by atoms with Gasteiger partial charge in [0.25, 0.3) is 0 Å². The van der Waals surface area contributed by atoms with E-state index in [2.05, 4.69) is 52.9 Å². The normalized spacial score (nSPS) is 12.9. The third-order valence-corrected chi connectivity index (χ3v) is 2.77. The maximum absolute atomic E-state index is 5.64. The van der Waals surface area contributed by atoms with E-state index in [0.717, 1.165) is 25.3 Å². The summed E-state index contributed by atoms with van der Waals surface area (Å²) in [6, 6.07) is 2.07. The van der Waals surface area contributed by atoms with Crippen LogP contribution in [0, 0.1) is 5.41 Å². The number of ether oxygens (including phenoxy) is 1. The Kier molecular flexibility index (Phi) is 5.63. The van der Waals surface area contributed by atoms with Crippen LogP contribution < -0.4 is 5.32 Å². The van der Waals surface area contributed by atoms with Crippen molar-refractivity contribution < 1.29 is 9.15 Å². The zero-order valence-electron chi connectivity index (χ0n) is 13.3. The molecule has 0 radical (unpaired) electrons. The zero-order chi connectivity index (χ0) is 14.5. The molecule has 1 heterocycles. The summed E-state index contributed by atoms with van der Waals surface area (Å²) in [6.07, 6.45) is 2.87. The molecule has 0 aliphatic carbocycles. The molecule has 0 saturated carbocycles. The van der Waals surface area contributed by atoms with Crippen LogP contribution in [0.25, 0.3) is 0 Å². The van der Waals surface area contributed by atoms with E-state index in [1.54, 1.807) is 6.26 Å². The van der Waals surface area contributed by atoms with Crippen molar-refractivity contribution >= 4 is 0 Å². The van der Waals surface area contributed by atoms with Gasteiger partial charge in [-0.15, -0.1) is 0 Å². The van der Waals surface area contributed by atoms with Crippen molar-refractivity contribution in [2.75, 3.05) is 6.61 Å². The molecule has 3 nitrogen and oxygen atoms in total. The summed E-state index contributed by atoms with van der Waals surface area (Å²) in [7, 11) is 0. The largest absolute Gasteiger partial charge is 0.467 e. The molecule has 0 bridgehead atoms. The highest BCUT2D eigenvalue weighted by Crippen LogP contribution is 2.18. The van der Waals surface area contributed by atoms with Gasteiger partial charge in [0.15, 0.2) is 0 Å². The molecule has 1 rings (SSSR count). The molecule has 0 amide bonds. The van der Waals surface area contributed by atoms with E-state index < -0.39 is 0 Å². The fraction of sp³-hybridized carbons (Fsp3) is 0.750. The lowest BCUT2D eigenvalue weighted by Crippen LogP contribution is -2.34. The van der Waals surface area contributed by atoms with E-state index >= 15 is 0 Å². The number of hydrogen-bond acceptors (Lipinski definition) is 3. The van der Waals surface area contributed by atoms with Crippen LogP contribution in [0.3, 0.4) is 0 Å². The van der Waals surface area contributed by atoms with Gasteiger partial charge in [0.1, 0.15) is 12.4 Å². The molecule has 1 aromatic rings. The van der Waals surface area contributed by atoms with Crippen LogP contribution in [-0.4, -0.2) is 12.1 Å². The summed E-state index contributed by atoms with van der Waals surface area (Å²) in [5.41, 5.74) is 1.62. The smallest absolute Gasteiger partial charge is 0.129 e. The van der Waals surface area contributed by atoms with Crippen LogP contribution in [0.1, 0.15) is 59.3 Å². The highest BCUT2D eigenvalue weighted by atomic mass is 16.5. The lowest BCUT2D eigenvalue weighted by atomic mass is 9.93. The first-order chi connectivity index (χ1) is 8.66. The van der Waals surface area contributed by atoms with Crippen LogP contribution in [0.2, 0.25) is 0 Å². The molecular formula is C16H29NO2. The van der Waals surface area contributed by atoms with Crippen LogP contribution in [0.4, 0.5) is 0 Å². The van der Waals surface area contributed by atoms with Crippen molar-refractivity contribution in [1.82, 2.24) is 5.32 Å². The molecule has 1 N–H and O–H groups in total. The van der Waals surface area contributed by atoms with E-state index in [0.29, 0.717) is 12.0 Å². The summed E-state index contributed by atoms with van der Waals surface area (Å²) in [5, 5.41) is 3.44. The summed E-state index contributed by atoms with van der Waals surface area (Å²) in [5.74, 6) is 0.902. The van der Waals surface area contributed by atoms with Gasteiger partial charge in [-0.3, -0.25) is 0 Å². The maximum Gasteiger partial charge on any atom is 0.129 e. The minimum absolute atomic E-state index is 0.126. The van der Waals surface area contributed by atoms with Crippen molar-refractivity contribution in [2.45, 2.75) is 66.7 Å². The van der Waals surface area contributed by atoms with Gasteiger partial charge in [-0.2, -0.15) is 0 Å². The van der Waals surface area contributed by atoms with Gasteiger partial charge in [0.2, 0.25) is 0 Å². The van der Waals surface area contributed by atoms with Gasteiger partial charge in [0, 0.05) is 24.3 Å². The second kappa shape index (κ2) is 6.58. The van der Waals surface area contributed by atoms with Crippen LogP contribution in [-0.2, 0) is 17.9 Å². The second-order valence-electron chi connectivity index (χ2n) is 7.39. The fourth-order valence-electron chi connectivity index (χ4n) is 1.51. The van der Waals surface area contributed by atoms with Gasteiger partial charge in [0.05, 0.1) is 6.26 Å². The van der Waals surface area contributed by atoms with E-state index in [4.69, 9.17) is 9.15 Å². The summed E-state index contributed by atoms with van der Waals surface area (Å²) >= 11 is 0. The molecule has 19 heavy (non-hydrogen) atoms. The molecule has 1 aromatic heterocycles. The summed E-state index contributed by atoms with van der Waals surface area (Å²) in [6.45, 7) is 15.3. The van der Waals surface area contributed by atoms with E-state index in [1.807, 2.05) is 0 Å². The maximum atomic E-state index is 5.64. The van der Waals surface area contributed by atoms with Crippen molar-refractivity contribution in [2.24, 2.45) is 5.41 Å². The molecule has 0 atom stereocenters. The molecule has 0 aliphatic heterocycles. The fourth-order valence-corrected chi connectivity index (χ4v) is 1.51. The average molecular weight is 267 g/mol. The predicted octanol–water partition coefficient (Wildman–Crippen LogP) is 4.12. The first kappa shape index (κ1) is 16.3. The van der Waals surface area contributed by atoms with Gasteiger partial charge in [-0.05, 0) is 38.7 Å². The Morgan fingerprint density at radius 1 is 1.16 bits per heavy atom. The minimum atomic E-state index is 0.126. The number of nitrogens with one attached hydrogen (secondary N) is 1. The van der Waals surface area contributed by atoms with Gasteiger partial charge in [-0.1, -0.05) is 20.8 Å². The van der Waals surface area contributed by atoms with Gasteiger partial charge >= 0.3 is 0 Å². The van der Waals surface area contributed by atoms with Gasteiger partial charge < -0.3 is 14.5 Å². The second-order valence-corrected chi connectivity index (χ2v) is 7.39. The average Bonchev–Trinajstić information content (AvgIpc) is 2.67. The van der Waals surface area contributed by atoms with Gasteiger partial charge in [-0.25, -0.2) is 0 Å². The standard InChI is InChI=1S/C16H29NO2/c1-15(2,3)7-8-18-12-14-9-13(11-19-14)10-17-16(4,5)6/h9,11,17H,7-8,10,12H2,1-6H3. The predicted molar refractivity (Wildman–Crippen MR) is 79.0 cm³/mol. The molecule has 110 valence electrons. The minimum Gasteiger partial charge on any atom is -0.467 e. The third-order valence-electron chi connectivity index (χ3n) is 2.77. The quantitative estimate of drug-likeness (QED) is 0.787. The van der Waals surface area contributed by atoms with Crippen LogP contribution >= 0.6 is 0 Å². The lowest BCUT2D eigenvalue weighted by Gasteiger charge is -2.19. The Bertz CT molecular complexity index is 369. The Morgan fingerprint density at radius 3 is 2.42 bits per heavy atom. The van der Waals surface area contributed by atoms with Crippen molar-refractivity contribution in [3.8, 4) is 0 Å². The lowest BCUT2D eigenvalue weighted by molar-refractivity contribution is 0.0844. The van der Waals surface area contributed by atoms with Crippen molar-refractivity contribution in [3.05, 3.63) is 23.7 Å². The van der Waals surface area contributed by atoms with Crippen molar-refractivity contribution in [1.29, 1.82) is 0 Å². The monoisotopic (exact) mass is 267 g/mol. The zero-order valence-corrected chi connectivity index (χ0v) is 13.3. The molecule has 0 fully saturated rings. The SMILES string of the molecule is CC(C)(C)CCOCc1cc(CNC(C)(C)C)co1. The Hall–Kier alpha value is -0.800. The molecular weight excluding hydrogens is 238 g/mol. The van der Waals surface area contributed by atoms with E-state index in [-0.39, 0.29) is 5.54 Å². The Balaban J connectivity index is 2.27. The van der Waals surface area contributed by atoms with E-state index in [9.17, 15) is 0 Å². The molecule has 3 heteroatoms. The molecule has 0 unspecified atom stereocenters.